The molecule has 0 aliphatic carbocycles. The molecule has 0 heterocycles. The summed E-state index contributed by atoms with van der Waals surface area (Å²) in [5.41, 5.74) is 4.92. The van der Waals surface area contributed by atoms with Gasteiger partial charge in [0.05, 0.1) is 5.56 Å². The zero-order valence-corrected chi connectivity index (χ0v) is 10.4. The molecule has 1 rings (SSSR count). The molecule has 0 amide bonds. The van der Waals surface area contributed by atoms with Gasteiger partial charge in [0, 0.05) is 6.04 Å². The van der Waals surface area contributed by atoms with E-state index in [-0.39, 0.29) is 11.6 Å². The van der Waals surface area contributed by atoms with Crippen molar-refractivity contribution in [1.29, 1.82) is 0 Å². The quantitative estimate of drug-likeness (QED) is 0.821. The van der Waals surface area contributed by atoms with Gasteiger partial charge < -0.3 is 5.73 Å². The van der Waals surface area contributed by atoms with E-state index in [0.29, 0.717) is 18.4 Å². The van der Waals surface area contributed by atoms with Crippen LogP contribution in [0.3, 0.4) is 0 Å². The van der Waals surface area contributed by atoms with Crippen molar-refractivity contribution in [2.45, 2.75) is 45.3 Å². The lowest BCUT2D eigenvalue weighted by atomic mass is 10.00. The second-order valence-corrected chi connectivity index (χ2v) is 4.64. The fraction of sp³-hybridized carbons (Fsp3) is 0.538. The highest BCUT2D eigenvalue weighted by molar-refractivity contribution is 5.33. The highest BCUT2D eigenvalue weighted by Crippen LogP contribution is 2.33. The summed E-state index contributed by atoms with van der Waals surface area (Å²) in [4.78, 5) is 0. The smallest absolute Gasteiger partial charge is 0.328 e. The summed E-state index contributed by atoms with van der Waals surface area (Å²) < 4.78 is 51.2. The van der Waals surface area contributed by atoms with Gasteiger partial charge >= 0.3 is 6.18 Å². The van der Waals surface area contributed by atoms with E-state index in [9.17, 15) is 17.6 Å². The van der Waals surface area contributed by atoms with Crippen molar-refractivity contribution in [3.05, 3.63) is 34.6 Å². The molecule has 5 heteroatoms. The van der Waals surface area contributed by atoms with E-state index in [1.54, 1.807) is 0 Å². The minimum atomic E-state index is -4.65. The van der Waals surface area contributed by atoms with Crippen LogP contribution in [0.25, 0.3) is 0 Å². The van der Waals surface area contributed by atoms with Crippen LogP contribution < -0.4 is 5.73 Å². The zero-order valence-electron chi connectivity index (χ0n) is 10.4. The fourth-order valence-electron chi connectivity index (χ4n) is 1.82. The maximum absolute atomic E-state index is 13.4. The Kier molecular flexibility index (Phi) is 4.73. The first-order chi connectivity index (χ1) is 8.21. The number of nitrogens with two attached hydrogens (primary N) is 1. The number of halogens is 4. The van der Waals surface area contributed by atoms with Gasteiger partial charge in [-0.25, -0.2) is 4.39 Å². The molecule has 1 atom stereocenters. The first-order valence-electron chi connectivity index (χ1n) is 5.83. The van der Waals surface area contributed by atoms with Crippen molar-refractivity contribution in [1.82, 2.24) is 0 Å². The van der Waals surface area contributed by atoms with E-state index in [4.69, 9.17) is 5.73 Å². The Balaban J connectivity index is 2.91. The van der Waals surface area contributed by atoms with E-state index < -0.39 is 17.6 Å². The van der Waals surface area contributed by atoms with Gasteiger partial charge in [-0.2, -0.15) is 13.2 Å². The van der Waals surface area contributed by atoms with Crippen LogP contribution >= 0.6 is 0 Å². The van der Waals surface area contributed by atoms with Crippen molar-refractivity contribution in [3.63, 3.8) is 0 Å². The highest BCUT2D eigenvalue weighted by Gasteiger charge is 2.34. The Morgan fingerprint density at radius 2 is 1.89 bits per heavy atom. The average Bonchev–Trinajstić information content (AvgIpc) is 2.20. The zero-order chi connectivity index (χ0) is 13.9. The van der Waals surface area contributed by atoms with Crippen molar-refractivity contribution >= 4 is 0 Å². The number of hydrogen-bond acceptors (Lipinski definition) is 1. The van der Waals surface area contributed by atoms with Crippen LogP contribution in [0.5, 0.6) is 0 Å². The molecule has 2 N–H and O–H groups in total. The minimum Gasteiger partial charge on any atom is -0.328 e. The molecule has 0 radical (unpaired) electrons. The number of hydrogen-bond donors (Lipinski definition) is 1. The van der Waals surface area contributed by atoms with Crippen LogP contribution in [0.2, 0.25) is 0 Å². The van der Waals surface area contributed by atoms with E-state index in [0.717, 1.165) is 12.5 Å². The van der Waals surface area contributed by atoms with Crippen molar-refractivity contribution in [2.24, 2.45) is 5.73 Å². The lowest BCUT2D eigenvalue weighted by molar-refractivity contribution is -0.140. The fourth-order valence-corrected chi connectivity index (χ4v) is 1.82. The molecule has 0 fully saturated rings. The van der Waals surface area contributed by atoms with Gasteiger partial charge in [0.1, 0.15) is 5.82 Å². The minimum absolute atomic E-state index is 0.0219. The van der Waals surface area contributed by atoms with Crippen LogP contribution in [0.15, 0.2) is 12.1 Å². The topological polar surface area (TPSA) is 26.0 Å². The summed E-state index contributed by atoms with van der Waals surface area (Å²) in [7, 11) is 0. The summed E-state index contributed by atoms with van der Waals surface area (Å²) in [5.74, 6) is -1.18. The van der Waals surface area contributed by atoms with Gasteiger partial charge in [-0.05, 0) is 50.3 Å². The van der Waals surface area contributed by atoms with Crippen LogP contribution in [0.4, 0.5) is 17.6 Å². The molecule has 102 valence electrons. The molecule has 0 saturated heterocycles. The maximum Gasteiger partial charge on any atom is 0.419 e. The van der Waals surface area contributed by atoms with Crippen molar-refractivity contribution < 1.29 is 17.6 Å². The van der Waals surface area contributed by atoms with Gasteiger partial charge in [0.2, 0.25) is 0 Å². The molecule has 0 spiro atoms. The second-order valence-electron chi connectivity index (χ2n) is 4.64. The lowest BCUT2D eigenvalue weighted by Crippen LogP contribution is -2.14. The molecule has 0 bridgehead atoms. The third kappa shape index (κ3) is 3.98. The molecular formula is C13H17F4N. The maximum atomic E-state index is 13.4. The number of rotatable bonds is 4. The van der Waals surface area contributed by atoms with E-state index in [1.165, 1.54) is 13.0 Å². The largest absolute Gasteiger partial charge is 0.419 e. The van der Waals surface area contributed by atoms with E-state index in [1.807, 2.05) is 6.92 Å². The molecule has 0 saturated carbocycles. The third-order valence-electron chi connectivity index (χ3n) is 2.74. The Morgan fingerprint density at radius 1 is 1.28 bits per heavy atom. The molecule has 0 aliphatic heterocycles. The summed E-state index contributed by atoms with van der Waals surface area (Å²) in [5, 5.41) is 0. The average molecular weight is 263 g/mol. The molecule has 0 unspecified atom stereocenters. The first-order valence-corrected chi connectivity index (χ1v) is 5.83. The van der Waals surface area contributed by atoms with Crippen molar-refractivity contribution in [3.8, 4) is 0 Å². The lowest BCUT2D eigenvalue weighted by Gasteiger charge is -2.13. The molecular weight excluding hydrogens is 246 g/mol. The predicted octanol–water partition coefficient (Wildman–Crippen LogP) is 3.82. The van der Waals surface area contributed by atoms with Crippen molar-refractivity contribution in [2.75, 3.05) is 0 Å². The van der Waals surface area contributed by atoms with E-state index in [2.05, 4.69) is 0 Å². The Hall–Kier alpha value is -1.10. The first kappa shape index (κ1) is 15.0. The highest BCUT2D eigenvalue weighted by atomic mass is 19.4. The molecule has 0 aromatic heterocycles. The SMILES string of the molecule is Cc1cc(CCC[C@H](C)N)cc(C(F)(F)F)c1F. The Morgan fingerprint density at radius 3 is 2.39 bits per heavy atom. The van der Waals surface area contributed by atoms with E-state index >= 15 is 0 Å². The van der Waals surface area contributed by atoms with Gasteiger partial charge in [-0.15, -0.1) is 0 Å². The summed E-state index contributed by atoms with van der Waals surface area (Å²) in [6.45, 7) is 3.19. The summed E-state index contributed by atoms with van der Waals surface area (Å²) in [6.07, 6.45) is -2.74. The second kappa shape index (κ2) is 5.69. The molecule has 1 aromatic rings. The van der Waals surface area contributed by atoms with Gasteiger partial charge in [0.25, 0.3) is 0 Å². The predicted molar refractivity (Wildman–Crippen MR) is 62.7 cm³/mol. The summed E-state index contributed by atoms with van der Waals surface area (Å²) >= 11 is 0. The Labute approximate surface area is 104 Å². The third-order valence-corrected chi connectivity index (χ3v) is 2.74. The van der Waals surface area contributed by atoms with Crippen LogP contribution in [-0.4, -0.2) is 6.04 Å². The number of benzene rings is 1. The standard InChI is InChI=1S/C13H17F4N/c1-8-6-10(5-3-4-9(2)18)7-11(12(8)14)13(15,16)17/h6-7,9H,3-5,18H2,1-2H3/t9-/m0/s1. The number of alkyl halides is 3. The molecule has 1 aromatic carbocycles. The van der Waals surface area contributed by atoms with Crippen LogP contribution in [0.1, 0.15) is 36.5 Å². The van der Waals surface area contributed by atoms with Crippen LogP contribution in [0, 0.1) is 12.7 Å². The number of aryl methyl sites for hydroxylation is 2. The molecule has 1 nitrogen and oxygen atoms in total. The van der Waals surface area contributed by atoms with Gasteiger partial charge in [-0.1, -0.05) is 6.07 Å². The van der Waals surface area contributed by atoms with Gasteiger partial charge in [0.15, 0.2) is 0 Å². The molecule has 18 heavy (non-hydrogen) atoms. The monoisotopic (exact) mass is 263 g/mol. The summed E-state index contributed by atoms with van der Waals surface area (Å²) in [6, 6.07) is 2.38. The molecule has 0 aliphatic rings. The van der Waals surface area contributed by atoms with Crippen LogP contribution in [-0.2, 0) is 12.6 Å². The Bertz CT molecular complexity index is 410. The van der Waals surface area contributed by atoms with Gasteiger partial charge in [-0.3, -0.25) is 0 Å². The normalized spacial score (nSPS) is 13.7.